The van der Waals surface area contributed by atoms with Crippen molar-refractivity contribution in [2.75, 3.05) is 12.4 Å². The van der Waals surface area contributed by atoms with E-state index in [1.165, 1.54) is 12.3 Å². The molecule has 0 aliphatic carbocycles. The van der Waals surface area contributed by atoms with Gasteiger partial charge in [0.2, 0.25) is 0 Å². The van der Waals surface area contributed by atoms with Crippen molar-refractivity contribution in [3.05, 3.63) is 65.9 Å². The molecule has 0 amide bonds. The third-order valence-corrected chi connectivity index (χ3v) is 3.00. The van der Waals surface area contributed by atoms with Gasteiger partial charge in [-0.15, -0.1) is 0 Å². The standard InChI is InChI=1S/C17H17NO3/c1-12-3-8-15(17(20)11-12)18-10-9-16(19)13-4-6-14(21-2)7-5-13/h3-11,18,20H,1-2H3. The molecular formula is C17H17NO3. The van der Waals surface area contributed by atoms with E-state index in [-0.39, 0.29) is 11.5 Å². The number of aromatic hydroxyl groups is 1. The van der Waals surface area contributed by atoms with Gasteiger partial charge in [-0.2, -0.15) is 0 Å². The first kappa shape index (κ1) is 14.7. The Morgan fingerprint density at radius 3 is 2.52 bits per heavy atom. The van der Waals surface area contributed by atoms with E-state index in [4.69, 9.17) is 4.74 Å². The quantitative estimate of drug-likeness (QED) is 0.501. The third kappa shape index (κ3) is 3.86. The number of benzene rings is 2. The van der Waals surface area contributed by atoms with Crippen molar-refractivity contribution in [1.29, 1.82) is 0 Å². The lowest BCUT2D eigenvalue weighted by atomic mass is 10.1. The van der Waals surface area contributed by atoms with E-state index in [9.17, 15) is 9.90 Å². The minimum Gasteiger partial charge on any atom is -0.506 e. The summed E-state index contributed by atoms with van der Waals surface area (Å²) in [6.07, 6.45) is 2.93. The van der Waals surface area contributed by atoms with Crippen LogP contribution in [-0.2, 0) is 0 Å². The van der Waals surface area contributed by atoms with Crippen LogP contribution in [0.5, 0.6) is 11.5 Å². The molecule has 0 radical (unpaired) electrons. The molecule has 2 rings (SSSR count). The summed E-state index contributed by atoms with van der Waals surface area (Å²) in [5, 5.41) is 12.6. The van der Waals surface area contributed by atoms with Crippen molar-refractivity contribution >= 4 is 11.5 Å². The number of hydrogen-bond donors (Lipinski definition) is 2. The minimum atomic E-state index is -0.128. The van der Waals surface area contributed by atoms with Gasteiger partial charge in [0, 0.05) is 17.8 Å². The van der Waals surface area contributed by atoms with E-state index in [2.05, 4.69) is 5.32 Å². The number of aryl methyl sites for hydroxylation is 1. The molecular weight excluding hydrogens is 266 g/mol. The lowest BCUT2D eigenvalue weighted by Gasteiger charge is -2.04. The molecule has 0 aliphatic heterocycles. The maximum atomic E-state index is 11.9. The lowest BCUT2D eigenvalue weighted by molar-refractivity contribution is 0.104. The number of carbonyl (C=O) groups is 1. The average molecular weight is 283 g/mol. The first-order chi connectivity index (χ1) is 10.1. The fraction of sp³-hybridized carbons (Fsp3) is 0.118. The van der Waals surface area contributed by atoms with E-state index >= 15 is 0 Å². The molecule has 0 saturated heterocycles. The van der Waals surface area contributed by atoms with Crippen LogP contribution in [0.25, 0.3) is 0 Å². The molecule has 21 heavy (non-hydrogen) atoms. The zero-order chi connectivity index (χ0) is 15.2. The van der Waals surface area contributed by atoms with Crippen LogP contribution in [0.2, 0.25) is 0 Å². The van der Waals surface area contributed by atoms with Crippen LogP contribution in [0, 0.1) is 6.92 Å². The molecule has 0 unspecified atom stereocenters. The highest BCUT2D eigenvalue weighted by atomic mass is 16.5. The fourth-order valence-corrected chi connectivity index (χ4v) is 1.82. The monoisotopic (exact) mass is 283 g/mol. The zero-order valence-electron chi connectivity index (χ0n) is 12.0. The van der Waals surface area contributed by atoms with E-state index in [1.54, 1.807) is 43.5 Å². The van der Waals surface area contributed by atoms with Crippen LogP contribution < -0.4 is 10.1 Å². The third-order valence-electron chi connectivity index (χ3n) is 3.00. The topological polar surface area (TPSA) is 58.6 Å². The molecule has 0 saturated carbocycles. The zero-order valence-corrected chi connectivity index (χ0v) is 12.0. The number of hydrogen-bond acceptors (Lipinski definition) is 4. The SMILES string of the molecule is COc1ccc(C(=O)C=CNc2ccc(C)cc2O)cc1. The summed E-state index contributed by atoms with van der Waals surface area (Å²) in [5.41, 5.74) is 2.10. The Bertz CT molecular complexity index is 660. The summed E-state index contributed by atoms with van der Waals surface area (Å²) < 4.78 is 5.04. The van der Waals surface area contributed by atoms with Gasteiger partial charge in [0.25, 0.3) is 0 Å². The van der Waals surface area contributed by atoms with Gasteiger partial charge < -0.3 is 15.2 Å². The normalized spacial score (nSPS) is 10.6. The highest BCUT2D eigenvalue weighted by Crippen LogP contribution is 2.23. The van der Waals surface area contributed by atoms with E-state index in [0.29, 0.717) is 17.0 Å². The molecule has 0 aromatic heterocycles. The predicted octanol–water partition coefficient (Wildman–Crippen LogP) is 3.52. The van der Waals surface area contributed by atoms with Gasteiger partial charge in [-0.1, -0.05) is 6.07 Å². The van der Waals surface area contributed by atoms with Crippen LogP contribution in [0.15, 0.2) is 54.7 Å². The number of allylic oxidation sites excluding steroid dienone is 1. The second-order valence-corrected chi connectivity index (χ2v) is 4.59. The summed E-state index contributed by atoms with van der Waals surface area (Å²) in [4.78, 5) is 11.9. The molecule has 2 aromatic carbocycles. The molecule has 0 aliphatic rings. The molecule has 4 heteroatoms. The van der Waals surface area contributed by atoms with Gasteiger partial charge in [-0.3, -0.25) is 4.79 Å². The molecule has 0 fully saturated rings. The first-order valence-corrected chi connectivity index (χ1v) is 6.51. The molecule has 2 N–H and O–H groups in total. The summed E-state index contributed by atoms with van der Waals surface area (Å²) in [6, 6.07) is 12.2. The summed E-state index contributed by atoms with van der Waals surface area (Å²) in [7, 11) is 1.58. The minimum absolute atomic E-state index is 0.128. The van der Waals surface area contributed by atoms with Gasteiger partial charge in [-0.05, 0) is 48.9 Å². The molecule has 0 bridgehead atoms. The average Bonchev–Trinajstić information content (AvgIpc) is 2.49. The van der Waals surface area contributed by atoms with Crippen LogP contribution in [0.1, 0.15) is 15.9 Å². The summed E-state index contributed by atoms with van der Waals surface area (Å²) in [5.74, 6) is 0.728. The smallest absolute Gasteiger partial charge is 0.187 e. The Morgan fingerprint density at radius 1 is 1.19 bits per heavy atom. The van der Waals surface area contributed by atoms with Gasteiger partial charge >= 0.3 is 0 Å². The number of anilines is 1. The predicted molar refractivity (Wildman–Crippen MR) is 82.9 cm³/mol. The lowest BCUT2D eigenvalue weighted by Crippen LogP contribution is -1.96. The second-order valence-electron chi connectivity index (χ2n) is 4.59. The summed E-state index contributed by atoms with van der Waals surface area (Å²) in [6.45, 7) is 1.90. The fourth-order valence-electron chi connectivity index (χ4n) is 1.82. The molecule has 2 aromatic rings. The van der Waals surface area contributed by atoms with Crippen molar-refractivity contribution in [3.8, 4) is 11.5 Å². The van der Waals surface area contributed by atoms with Crippen LogP contribution >= 0.6 is 0 Å². The largest absolute Gasteiger partial charge is 0.506 e. The Balaban J connectivity index is 2.01. The van der Waals surface area contributed by atoms with Crippen molar-refractivity contribution in [1.82, 2.24) is 0 Å². The Labute approximate surface area is 123 Å². The molecule has 4 nitrogen and oxygen atoms in total. The second kappa shape index (κ2) is 6.61. The number of nitrogens with one attached hydrogen (secondary N) is 1. The van der Waals surface area contributed by atoms with Crippen LogP contribution in [0.3, 0.4) is 0 Å². The van der Waals surface area contributed by atoms with Crippen molar-refractivity contribution in [2.24, 2.45) is 0 Å². The van der Waals surface area contributed by atoms with Crippen molar-refractivity contribution in [3.63, 3.8) is 0 Å². The number of rotatable bonds is 5. The van der Waals surface area contributed by atoms with Crippen LogP contribution in [-0.4, -0.2) is 18.0 Å². The number of ether oxygens (including phenoxy) is 1. The molecule has 0 heterocycles. The van der Waals surface area contributed by atoms with Gasteiger partial charge in [0.05, 0.1) is 12.8 Å². The van der Waals surface area contributed by atoms with Crippen molar-refractivity contribution < 1.29 is 14.6 Å². The van der Waals surface area contributed by atoms with Gasteiger partial charge in [0.1, 0.15) is 11.5 Å². The molecule has 0 spiro atoms. The van der Waals surface area contributed by atoms with E-state index in [1.807, 2.05) is 13.0 Å². The van der Waals surface area contributed by atoms with Gasteiger partial charge in [0.15, 0.2) is 5.78 Å². The number of methoxy groups -OCH3 is 1. The first-order valence-electron chi connectivity index (χ1n) is 6.51. The van der Waals surface area contributed by atoms with Gasteiger partial charge in [-0.25, -0.2) is 0 Å². The van der Waals surface area contributed by atoms with Crippen molar-refractivity contribution in [2.45, 2.75) is 6.92 Å². The highest BCUT2D eigenvalue weighted by molar-refractivity contribution is 6.04. The van der Waals surface area contributed by atoms with E-state index < -0.39 is 0 Å². The van der Waals surface area contributed by atoms with Crippen LogP contribution in [0.4, 0.5) is 5.69 Å². The Kier molecular flexibility index (Phi) is 4.61. The molecule has 0 atom stereocenters. The highest BCUT2D eigenvalue weighted by Gasteiger charge is 2.02. The van der Waals surface area contributed by atoms with E-state index in [0.717, 1.165) is 5.56 Å². The Morgan fingerprint density at radius 2 is 1.90 bits per heavy atom. The summed E-state index contributed by atoms with van der Waals surface area (Å²) >= 11 is 0. The molecule has 108 valence electrons. The number of phenols is 1. The maximum Gasteiger partial charge on any atom is 0.187 e. The maximum absolute atomic E-state index is 11.9. The number of phenolic OH excluding ortho intramolecular Hbond substituents is 1. The number of carbonyl (C=O) groups excluding carboxylic acids is 1. The number of ketones is 1. The Hall–Kier alpha value is -2.75.